The van der Waals surface area contributed by atoms with Gasteiger partial charge in [0.2, 0.25) is 11.8 Å². The van der Waals surface area contributed by atoms with Crippen molar-refractivity contribution in [2.75, 3.05) is 19.0 Å². The van der Waals surface area contributed by atoms with Crippen LogP contribution in [0.15, 0.2) is 0 Å². The molecule has 2 amide bonds. The fraction of sp³-hybridized carbons (Fsp3) is 0.562. The molecule has 0 unspecified atom stereocenters. The maximum Gasteiger partial charge on any atom is 0.341 e. The lowest BCUT2D eigenvalue weighted by Gasteiger charge is -2.17. The molecule has 0 aliphatic carbocycles. The number of carbonyl (C=O) groups is 3. The van der Waals surface area contributed by atoms with Crippen LogP contribution >= 0.6 is 11.3 Å². The van der Waals surface area contributed by atoms with Crippen LogP contribution in [0.5, 0.6) is 0 Å². The smallest absolute Gasteiger partial charge is 0.341 e. The first-order valence-electron chi connectivity index (χ1n) is 7.34. The van der Waals surface area contributed by atoms with E-state index in [1.807, 2.05) is 34.6 Å². The normalized spacial score (nSPS) is 11.0. The van der Waals surface area contributed by atoms with Crippen LogP contribution in [0.2, 0.25) is 0 Å². The zero-order valence-corrected chi connectivity index (χ0v) is 15.3. The van der Waals surface area contributed by atoms with Crippen LogP contribution in [0.3, 0.4) is 0 Å². The number of carbonyl (C=O) groups excluding carboxylic acids is 3. The number of rotatable bonds is 5. The van der Waals surface area contributed by atoms with Gasteiger partial charge >= 0.3 is 5.97 Å². The quantitative estimate of drug-likeness (QED) is 0.807. The second kappa shape index (κ2) is 7.59. The van der Waals surface area contributed by atoms with E-state index >= 15 is 0 Å². The highest BCUT2D eigenvalue weighted by Gasteiger charge is 2.22. The minimum atomic E-state index is -0.490. The molecule has 128 valence electrons. The molecule has 0 fully saturated rings. The summed E-state index contributed by atoms with van der Waals surface area (Å²) in [6.45, 7) is 9.37. The summed E-state index contributed by atoms with van der Waals surface area (Å²) < 4.78 is 4.76. The second-order valence-electron chi connectivity index (χ2n) is 6.28. The minimum absolute atomic E-state index is 0.108. The van der Waals surface area contributed by atoms with Gasteiger partial charge in [0.05, 0.1) is 12.7 Å². The molecule has 1 aromatic heterocycles. The molecule has 2 N–H and O–H groups in total. The van der Waals surface area contributed by atoms with Crippen molar-refractivity contribution in [3.63, 3.8) is 0 Å². The van der Waals surface area contributed by atoms with Gasteiger partial charge in [-0.25, -0.2) is 4.79 Å². The molecule has 7 heteroatoms. The van der Waals surface area contributed by atoms with E-state index in [4.69, 9.17) is 4.74 Å². The number of aryl methyl sites for hydroxylation is 1. The van der Waals surface area contributed by atoms with E-state index in [1.54, 1.807) is 0 Å². The Bertz CT molecular complexity index is 614. The number of thiophene rings is 1. The number of hydrogen-bond donors (Lipinski definition) is 2. The zero-order chi connectivity index (χ0) is 17.8. The summed E-state index contributed by atoms with van der Waals surface area (Å²) in [5.41, 5.74) is 0.705. The maximum absolute atomic E-state index is 12.0. The minimum Gasteiger partial charge on any atom is -0.465 e. The van der Waals surface area contributed by atoms with Gasteiger partial charge < -0.3 is 15.4 Å². The predicted octanol–water partition coefficient (Wildman–Crippen LogP) is 2.64. The summed E-state index contributed by atoms with van der Waals surface area (Å²) in [6.07, 6.45) is 0.137. The standard InChI is InChI=1S/C16H24N2O4S/c1-9-10(2)23-13(12(9)14(20)22-6)18-11(19)7-8-17-15(21)16(3,4)5/h7-8H2,1-6H3,(H,17,21)(H,18,19). The van der Waals surface area contributed by atoms with Gasteiger partial charge in [-0.1, -0.05) is 20.8 Å². The fourth-order valence-electron chi connectivity index (χ4n) is 1.81. The summed E-state index contributed by atoms with van der Waals surface area (Å²) >= 11 is 1.34. The third-order valence-electron chi connectivity index (χ3n) is 3.35. The predicted molar refractivity (Wildman–Crippen MR) is 90.8 cm³/mol. The van der Waals surface area contributed by atoms with E-state index < -0.39 is 11.4 Å². The van der Waals surface area contributed by atoms with Gasteiger partial charge in [0, 0.05) is 23.3 Å². The van der Waals surface area contributed by atoms with Crippen molar-refractivity contribution >= 4 is 34.1 Å². The lowest BCUT2D eigenvalue weighted by Crippen LogP contribution is -2.36. The third kappa shape index (κ3) is 5.06. The molecular formula is C16H24N2O4S. The summed E-state index contributed by atoms with van der Waals surface area (Å²) in [6, 6.07) is 0. The van der Waals surface area contributed by atoms with E-state index in [-0.39, 0.29) is 24.8 Å². The summed E-state index contributed by atoms with van der Waals surface area (Å²) in [5, 5.41) is 5.93. The van der Waals surface area contributed by atoms with Crippen LogP contribution in [0.1, 0.15) is 48.0 Å². The van der Waals surface area contributed by atoms with Crippen molar-refractivity contribution in [3.8, 4) is 0 Å². The first-order valence-corrected chi connectivity index (χ1v) is 8.16. The summed E-state index contributed by atoms with van der Waals surface area (Å²) in [5.74, 6) is -0.836. The highest BCUT2D eigenvalue weighted by atomic mass is 32.1. The van der Waals surface area contributed by atoms with Crippen LogP contribution in [0, 0.1) is 19.3 Å². The van der Waals surface area contributed by atoms with Crippen molar-refractivity contribution in [1.29, 1.82) is 0 Å². The van der Waals surface area contributed by atoms with Crippen LogP contribution in [0.25, 0.3) is 0 Å². The molecule has 0 radical (unpaired) electrons. The van der Waals surface area contributed by atoms with Crippen molar-refractivity contribution in [2.45, 2.75) is 41.0 Å². The van der Waals surface area contributed by atoms with Crippen LogP contribution < -0.4 is 10.6 Å². The molecule has 0 aromatic carbocycles. The maximum atomic E-state index is 12.0. The van der Waals surface area contributed by atoms with Gasteiger partial charge in [0.1, 0.15) is 5.00 Å². The summed E-state index contributed by atoms with van der Waals surface area (Å²) in [7, 11) is 1.31. The van der Waals surface area contributed by atoms with Gasteiger partial charge in [0.25, 0.3) is 0 Å². The molecular weight excluding hydrogens is 316 g/mol. The fourth-order valence-corrected chi connectivity index (χ4v) is 2.87. The van der Waals surface area contributed by atoms with E-state index in [0.29, 0.717) is 10.6 Å². The second-order valence-corrected chi connectivity index (χ2v) is 7.51. The molecule has 0 aliphatic heterocycles. The molecule has 0 saturated carbocycles. The van der Waals surface area contributed by atoms with Crippen LogP contribution in [-0.4, -0.2) is 31.4 Å². The average molecular weight is 340 g/mol. The number of methoxy groups -OCH3 is 1. The van der Waals surface area contributed by atoms with Crippen molar-refractivity contribution in [3.05, 3.63) is 16.0 Å². The van der Waals surface area contributed by atoms with E-state index in [0.717, 1.165) is 10.4 Å². The third-order valence-corrected chi connectivity index (χ3v) is 4.47. The molecule has 1 rings (SSSR count). The zero-order valence-electron chi connectivity index (χ0n) is 14.5. The molecule has 1 aromatic rings. The first-order chi connectivity index (χ1) is 10.6. The van der Waals surface area contributed by atoms with Gasteiger partial charge in [0.15, 0.2) is 0 Å². The van der Waals surface area contributed by atoms with Gasteiger partial charge in [-0.2, -0.15) is 0 Å². The Kier molecular flexibility index (Phi) is 6.32. The first kappa shape index (κ1) is 19.2. The molecule has 0 saturated heterocycles. The Hall–Kier alpha value is -1.89. The number of esters is 1. The highest BCUT2D eigenvalue weighted by molar-refractivity contribution is 7.16. The van der Waals surface area contributed by atoms with Crippen LogP contribution in [-0.2, 0) is 14.3 Å². The molecule has 23 heavy (non-hydrogen) atoms. The molecule has 0 atom stereocenters. The molecule has 0 aliphatic rings. The summed E-state index contributed by atoms with van der Waals surface area (Å²) in [4.78, 5) is 36.5. The van der Waals surface area contributed by atoms with Crippen molar-refractivity contribution < 1.29 is 19.1 Å². The number of hydrogen-bond acceptors (Lipinski definition) is 5. The number of anilines is 1. The Morgan fingerprint density at radius 1 is 1.17 bits per heavy atom. The largest absolute Gasteiger partial charge is 0.465 e. The van der Waals surface area contributed by atoms with E-state index in [2.05, 4.69) is 10.6 Å². The molecule has 1 heterocycles. The molecule has 6 nitrogen and oxygen atoms in total. The van der Waals surface area contributed by atoms with Crippen LogP contribution in [0.4, 0.5) is 5.00 Å². The number of amides is 2. The number of nitrogens with one attached hydrogen (secondary N) is 2. The van der Waals surface area contributed by atoms with Crippen molar-refractivity contribution in [1.82, 2.24) is 5.32 Å². The Morgan fingerprint density at radius 2 is 1.78 bits per heavy atom. The molecule has 0 bridgehead atoms. The van der Waals surface area contributed by atoms with Gasteiger partial charge in [-0.3, -0.25) is 9.59 Å². The van der Waals surface area contributed by atoms with E-state index in [1.165, 1.54) is 18.4 Å². The topological polar surface area (TPSA) is 84.5 Å². The Labute approximate surface area is 140 Å². The van der Waals surface area contributed by atoms with Gasteiger partial charge in [-0.05, 0) is 19.4 Å². The van der Waals surface area contributed by atoms with Gasteiger partial charge in [-0.15, -0.1) is 11.3 Å². The molecule has 0 spiro atoms. The van der Waals surface area contributed by atoms with E-state index in [9.17, 15) is 14.4 Å². The monoisotopic (exact) mass is 340 g/mol. The lowest BCUT2D eigenvalue weighted by molar-refractivity contribution is -0.128. The average Bonchev–Trinajstić information content (AvgIpc) is 2.71. The Morgan fingerprint density at radius 3 is 2.30 bits per heavy atom. The van der Waals surface area contributed by atoms with Crippen molar-refractivity contribution in [2.24, 2.45) is 5.41 Å². The lowest BCUT2D eigenvalue weighted by atomic mass is 9.96. The number of ether oxygens (including phenoxy) is 1. The highest BCUT2D eigenvalue weighted by Crippen LogP contribution is 2.32. The Balaban J connectivity index is 2.67. The SMILES string of the molecule is COC(=O)c1c(NC(=O)CCNC(=O)C(C)(C)C)sc(C)c1C.